The molecular weight excluding hydrogens is 351 g/mol. The molecule has 5 rings (SSSR count). The summed E-state index contributed by atoms with van der Waals surface area (Å²) < 4.78 is 14.3. The number of halogens is 1. The summed E-state index contributed by atoms with van der Waals surface area (Å²) in [5.41, 5.74) is 8.10. The molecule has 28 heavy (non-hydrogen) atoms. The summed E-state index contributed by atoms with van der Waals surface area (Å²) in [6.45, 7) is 6.44. The highest BCUT2D eigenvalue weighted by Gasteiger charge is 2.23. The monoisotopic (exact) mass is 372 g/mol. The van der Waals surface area contributed by atoms with Crippen LogP contribution in [0.2, 0.25) is 0 Å². The number of aromatic amines is 3. The second-order valence-corrected chi connectivity index (χ2v) is 7.56. The quantitative estimate of drug-likeness (QED) is 0.343. The standard InChI is InChI=1S/C23H21FN4/c1-12(2)20-21(16-5-8-26-23-17(16)6-9-27-23)13(3)28-22(20)18-10-14(24)11-19-15(18)4-7-25-19/h4-12,25,28H,1-3H3,(H,26,27). The van der Waals surface area contributed by atoms with Gasteiger partial charge in [-0.3, -0.25) is 0 Å². The van der Waals surface area contributed by atoms with E-state index in [2.05, 4.69) is 52.8 Å². The van der Waals surface area contributed by atoms with E-state index in [-0.39, 0.29) is 11.7 Å². The number of hydrogen-bond acceptors (Lipinski definition) is 1. The van der Waals surface area contributed by atoms with Crippen molar-refractivity contribution in [2.24, 2.45) is 0 Å². The lowest BCUT2D eigenvalue weighted by atomic mass is 9.90. The molecule has 5 heteroatoms. The zero-order valence-corrected chi connectivity index (χ0v) is 16.0. The Morgan fingerprint density at radius 2 is 1.75 bits per heavy atom. The number of benzene rings is 1. The maximum Gasteiger partial charge on any atom is 0.137 e. The zero-order chi connectivity index (χ0) is 19.4. The predicted molar refractivity (Wildman–Crippen MR) is 112 cm³/mol. The third-order valence-corrected chi connectivity index (χ3v) is 5.44. The molecule has 140 valence electrons. The molecule has 0 aliphatic heterocycles. The maximum atomic E-state index is 14.3. The van der Waals surface area contributed by atoms with Gasteiger partial charge in [0.1, 0.15) is 11.5 Å². The minimum absolute atomic E-state index is 0.245. The SMILES string of the molecule is Cc1[nH]c(-c2cc(F)cc3[nH]ccc23)c(C(C)C)c1-c1ccnc2[nH]ccc12. The lowest BCUT2D eigenvalue weighted by Crippen LogP contribution is -1.94. The lowest BCUT2D eigenvalue weighted by molar-refractivity contribution is 0.630. The van der Waals surface area contributed by atoms with Crippen molar-refractivity contribution in [3.05, 3.63) is 66.0 Å². The first-order valence-electron chi connectivity index (χ1n) is 9.46. The number of nitrogens with one attached hydrogen (secondary N) is 3. The van der Waals surface area contributed by atoms with E-state index < -0.39 is 0 Å². The summed E-state index contributed by atoms with van der Waals surface area (Å²) >= 11 is 0. The molecule has 0 spiro atoms. The fourth-order valence-corrected chi connectivity index (χ4v) is 4.30. The van der Waals surface area contributed by atoms with Crippen molar-refractivity contribution in [2.45, 2.75) is 26.7 Å². The lowest BCUT2D eigenvalue weighted by Gasteiger charge is -2.13. The first kappa shape index (κ1) is 16.8. The number of hydrogen-bond donors (Lipinski definition) is 3. The van der Waals surface area contributed by atoms with E-state index in [1.54, 1.807) is 6.07 Å². The molecule has 0 radical (unpaired) electrons. The smallest absolute Gasteiger partial charge is 0.137 e. The van der Waals surface area contributed by atoms with E-state index in [9.17, 15) is 4.39 Å². The highest BCUT2D eigenvalue weighted by atomic mass is 19.1. The Hall–Kier alpha value is -3.34. The zero-order valence-electron chi connectivity index (χ0n) is 16.0. The van der Waals surface area contributed by atoms with Crippen LogP contribution in [0.5, 0.6) is 0 Å². The number of aryl methyl sites for hydroxylation is 1. The van der Waals surface area contributed by atoms with Gasteiger partial charge in [0.25, 0.3) is 0 Å². The van der Waals surface area contributed by atoms with Gasteiger partial charge in [0.15, 0.2) is 0 Å². The molecule has 4 aromatic heterocycles. The van der Waals surface area contributed by atoms with Crippen molar-refractivity contribution in [2.75, 3.05) is 0 Å². The molecule has 0 fully saturated rings. The number of pyridine rings is 1. The van der Waals surface area contributed by atoms with E-state index in [1.807, 2.05) is 24.7 Å². The van der Waals surface area contributed by atoms with Crippen LogP contribution in [0.4, 0.5) is 4.39 Å². The molecule has 0 saturated carbocycles. The van der Waals surface area contributed by atoms with Crippen LogP contribution in [0, 0.1) is 12.7 Å². The molecule has 1 aromatic carbocycles. The highest BCUT2D eigenvalue weighted by Crippen LogP contribution is 2.43. The predicted octanol–water partition coefficient (Wildman–Crippen LogP) is 6.28. The average Bonchev–Trinajstić information content (AvgIpc) is 3.37. The number of rotatable bonds is 3. The van der Waals surface area contributed by atoms with Gasteiger partial charge in [0.05, 0.1) is 5.69 Å². The normalized spacial score (nSPS) is 11.9. The molecule has 3 N–H and O–H groups in total. The van der Waals surface area contributed by atoms with E-state index in [1.165, 1.54) is 17.2 Å². The molecule has 5 aromatic rings. The Morgan fingerprint density at radius 1 is 0.964 bits per heavy atom. The Bertz CT molecular complexity index is 1320. The van der Waals surface area contributed by atoms with Crippen LogP contribution >= 0.6 is 0 Å². The minimum Gasteiger partial charge on any atom is -0.361 e. The molecular formula is C23H21FN4. The van der Waals surface area contributed by atoms with Crippen LogP contribution < -0.4 is 0 Å². The fraction of sp³-hybridized carbons (Fsp3) is 0.174. The van der Waals surface area contributed by atoms with Crippen molar-refractivity contribution in [1.82, 2.24) is 19.9 Å². The summed E-state index contributed by atoms with van der Waals surface area (Å²) in [4.78, 5) is 14.3. The highest BCUT2D eigenvalue weighted by molar-refractivity contribution is 6.00. The van der Waals surface area contributed by atoms with Crippen LogP contribution in [0.25, 0.3) is 44.3 Å². The van der Waals surface area contributed by atoms with E-state index in [4.69, 9.17) is 0 Å². The second kappa shape index (κ2) is 6.09. The minimum atomic E-state index is -0.245. The summed E-state index contributed by atoms with van der Waals surface area (Å²) in [6, 6.07) is 9.27. The van der Waals surface area contributed by atoms with Crippen LogP contribution in [-0.4, -0.2) is 19.9 Å². The summed E-state index contributed by atoms with van der Waals surface area (Å²) in [7, 11) is 0. The third kappa shape index (κ3) is 2.39. The van der Waals surface area contributed by atoms with E-state index in [0.717, 1.165) is 44.5 Å². The number of aromatic nitrogens is 4. The fourth-order valence-electron chi connectivity index (χ4n) is 4.30. The molecule has 0 aliphatic rings. The van der Waals surface area contributed by atoms with Gasteiger partial charge in [-0.2, -0.15) is 0 Å². The molecule has 4 heterocycles. The maximum absolute atomic E-state index is 14.3. The summed E-state index contributed by atoms with van der Waals surface area (Å²) in [5.74, 6) is 0.0137. The molecule has 0 aliphatic carbocycles. The van der Waals surface area contributed by atoms with Gasteiger partial charge >= 0.3 is 0 Å². The second-order valence-electron chi connectivity index (χ2n) is 7.56. The van der Waals surface area contributed by atoms with Crippen LogP contribution in [0.3, 0.4) is 0 Å². The van der Waals surface area contributed by atoms with Gasteiger partial charge in [-0.05, 0) is 54.3 Å². The van der Waals surface area contributed by atoms with Gasteiger partial charge in [-0.15, -0.1) is 0 Å². The number of fused-ring (bicyclic) bond motifs is 2. The Balaban J connectivity index is 1.86. The first-order chi connectivity index (χ1) is 13.5. The summed E-state index contributed by atoms with van der Waals surface area (Å²) in [6.07, 6.45) is 5.59. The largest absolute Gasteiger partial charge is 0.361 e. The Labute approximate surface area is 161 Å². The van der Waals surface area contributed by atoms with Gasteiger partial charge in [-0.25, -0.2) is 9.37 Å². The van der Waals surface area contributed by atoms with Crippen LogP contribution in [-0.2, 0) is 0 Å². The van der Waals surface area contributed by atoms with Gasteiger partial charge < -0.3 is 15.0 Å². The first-order valence-corrected chi connectivity index (χ1v) is 9.46. The average molecular weight is 372 g/mol. The Kier molecular flexibility index (Phi) is 3.66. The molecule has 0 unspecified atom stereocenters. The third-order valence-electron chi connectivity index (χ3n) is 5.44. The molecule has 0 bridgehead atoms. The molecule has 0 saturated heterocycles. The molecule has 0 atom stereocenters. The number of nitrogens with zero attached hydrogens (tertiary/aromatic N) is 1. The van der Waals surface area contributed by atoms with Gasteiger partial charge in [-0.1, -0.05) is 13.8 Å². The van der Waals surface area contributed by atoms with Crippen molar-refractivity contribution in [3.8, 4) is 22.4 Å². The topological polar surface area (TPSA) is 60.3 Å². The van der Waals surface area contributed by atoms with E-state index in [0.29, 0.717) is 0 Å². The van der Waals surface area contributed by atoms with E-state index >= 15 is 0 Å². The van der Waals surface area contributed by atoms with Crippen molar-refractivity contribution in [3.63, 3.8) is 0 Å². The van der Waals surface area contributed by atoms with Crippen LogP contribution in [0.15, 0.2) is 48.9 Å². The van der Waals surface area contributed by atoms with Gasteiger partial charge in [0.2, 0.25) is 0 Å². The number of H-pyrrole nitrogens is 3. The molecule has 0 amide bonds. The summed E-state index contributed by atoms with van der Waals surface area (Å²) in [5, 5.41) is 2.10. The van der Waals surface area contributed by atoms with Crippen LogP contribution in [0.1, 0.15) is 31.0 Å². The molecule has 4 nitrogen and oxygen atoms in total. The van der Waals surface area contributed by atoms with Crippen molar-refractivity contribution in [1.29, 1.82) is 0 Å². The Morgan fingerprint density at radius 3 is 2.57 bits per heavy atom. The van der Waals surface area contributed by atoms with Crippen molar-refractivity contribution < 1.29 is 4.39 Å². The van der Waals surface area contributed by atoms with Gasteiger partial charge in [0, 0.05) is 51.7 Å². The van der Waals surface area contributed by atoms with Crippen molar-refractivity contribution >= 4 is 21.9 Å².